The molecule has 0 amide bonds. The van der Waals surface area contributed by atoms with E-state index in [1.165, 1.54) is 65.7 Å². The molecule has 9 aromatic rings. The van der Waals surface area contributed by atoms with Crippen LogP contribution in [-0.4, -0.2) is 18.0 Å². The molecular weight excluding hydrogens is 681 g/mol. The molecule has 0 N–H and O–H groups in total. The summed E-state index contributed by atoms with van der Waals surface area (Å²) in [6, 6.07) is 70.0. The maximum atomic E-state index is 5.56. The molecule has 2 nitrogen and oxygen atoms in total. The average molecular weight is 719 g/mol. The van der Waals surface area contributed by atoms with E-state index in [0.717, 1.165) is 33.9 Å². The fraction of sp³-hybridized carbons (Fsp3) is 0.0385. The lowest BCUT2D eigenvalue weighted by Crippen LogP contribution is -2.50. The lowest BCUT2D eigenvalue weighted by Gasteiger charge is -2.22. The van der Waals surface area contributed by atoms with Gasteiger partial charge in [0.25, 0.3) is 0 Å². The largest absolute Gasteiger partial charge is 0.228 e. The molecule has 0 unspecified atom stereocenters. The van der Waals surface area contributed by atoms with Crippen molar-refractivity contribution in [2.75, 3.05) is 0 Å². The van der Waals surface area contributed by atoms with E-state index in [1.807, 2.05) is 0 Å². The first kappa shape index (κ1) is 32.9. The van der Waals surface area contributed by atoms with Crippen LogP contribution in [0.2, 0.25) is 13.1 Å². The average Bonchev–Trinajstić information content (AvgIpc) is 3.48. The number of rotatable bonds is 6. The van der Waals surface area contributed by atoms with Crippen molar-refractivity contribution in [3.05, 3.63) is 194 Å². The molecule has 10 rings (SSSR count). The molecule has 0 spiro atoms. The van der Waals surface area contributed by atoms with Gasteiger partial charge in [-0.05, 0) is 96.0 Å². The van der Waals surface area contributed by atoms with E-state index in [4.69, 9.17) is 9.97 Å². The van der Waals surface area contributed by atoms with Crippen molar-refractivity contribution >= 4 is 29.2 Å². The highest BCUT2D eigenvalue weighted by molar-refractivity contribution is 7.04. The van der Waals surface area contributed by atoms with Crippen molar-refractivity contribution in [1.82, 2.24) is 9.97 Å². The molecule has 0 radical (unpaired) electrons. The Morgan fingerprint density at radius 2 is 0.709 bits per heavy atom. The van der Waals surface area contributed by atoms with Gasteiger partial charge in [-0.15, -0.1) is 0 Å². The van der Waals surface area contributed by atoms with Gasteiger partial charge in [-0.25, -0.2) is 9.97 Å². The second-order valence-corrected chi connectivity index (χ2v) is 19.3. The third-order valence-electron chi connectivity index (χ3n) is 11.2. The Labute approximate surface area is 323 Å². The van der Waals surface area contributed by atoms with Gasteiger partial charge in [0.05, 0.1) is 11.4 Å². The quantitative estimate of drug-likeness (QED) is 0.160. The Balaban J connectivity index is 1.15. The van der Waals surface area contributed by atoms with Gasteiger partial charge in [0.2, 0.25) is 0 Å². The van der Waals surface area contributed by atoms with Gasteiger partial charge >= 0.3 is 0 Å². The summed E-state index contributed by atoms with van der Waals surface area (Å²) >= 11 is 0. The molecule has 55 heavy (non-hydrogen) atoms. The smallest absolute Gasteiger partial charge is 0.160 e. The van der Waals surface area contributed by atoms with Crippen molar-refractivity contribution in [3.8, 4) is 78.4 Å². The molecular formula is C52H38N2Si. The highest BCUT2D eigenvalue weighted by Crippen LogP contribution is 2.37. The molecule has 0 atom stereocenters. The Morgan fingerprint density at radius 3 is 1.25 bits per heavy atom. The van der Waals surface area contributed by atoms with Crippen LogP contribution in [0.15, 0.2) is 194 Å². The number of nitrogens with zero attached hydrogens (tertiary/aromatic N) is 2. The standard InChI is InChI=1S/C52H38N2Si/c1-55(2)48-34-44-20-10-9-19-43(44)33-47(48)50-51(55)49(45-27-13-25-41(31-45)39-23-11-21-37(29-39)35-15-5-3-6-16-35)53-52(54-50)46-28-14-26-42(32-46)40-24-12-22-38(30-40)36-17-7-4-8-18-36/h3-34H,1-2H3. The van der Waals surface area contributed by atoms with Crippen LogP contribution in [0.1, 0.15) is 0 Å². The molecule has 0 saturated carbocycles. The van der Waals surface area contributed by atoms with Gasteiger partial charge in [-0.3, -0.25) is 0 Å². The highest BCUT2D eigenvalue weighted by Gasteiger charge is 2.42. The minimum atomic E-state index is -2.23. The Kier molecular flexibility index (Phi) is 7.97. The molecule has 260 valence electrons. The van der Waals surface area contributed by atoms with E-state index in [2.05, 4.69) is 207 Å². The highest BCUT2D eigenvalue weighted by atomic mass is 28.3. The first-order valence-electron chi connectivity index (χ1n) is 19.0. The molecule has 0 bridgehead atoms. The van der Waals surface area contributed by atoms with E-state index >= 15 is 0 Å². The number of hydrogen-bond donors (Lipinski definition) is 0. The van der Waals surface area contributed by atoms with Crippen LogP contribution in [-0.2, 0) is 0 Å². The topological polar surface area (TPSA) is 25.8 Å². The fourth-order valence-corrected chi connectivity index (χ4v) is 11.6. The minimum Gasteiger partial charge on any atom is -0.228 e. The van der Waals surface area contributed by atoms with Crippen molar-refractivity contribution in [3.63, 3.8) is 0 Å². The normalized spacial score (nSPS) is 12.7. The van der Waals surface area contributed by atoms with Crippen molar-refractivity contribution in [2.45, 2.75) is 13.1 Å². The third kappa shape index (κ3) is 5.90. The lowest BCUT2D eigenvalue weighted by molar-refractivity contribution is 1.20. The first-order valence-corrected chi connectivity index (χ1v) is 22.0. The van der Waals surface area contributed by atoms with Crippen molar-refractivity contribution < 1.29 is 0 Å². The van der Waals surface area contributed by atoms with Crippen LogP contribution in [0.4, 0.5) is 0 Å². The Hall–Kier alpha value is -6.68. The second-order valence-electron chi connectivity index (χ2n) is 15.0. The maximum Gasteiger partial charge on any atom is 0.160 e. The van der Waals surface area contributed by atoms with Gasteiger partial charge in [-0.1, -0.05) is 177 Å². The van der Waals surface area contributed by atoms with E-state index in [1.54, 1.807) is 0 Å². The summed E-state index contributed by atoms with van der Waals surface area (Å²) in [5.41, 5.74) is 15.0. The summed E-state index contributed by atoms with van der Waals surface area (Å²) in [6.45, 7) is 4.93. The zero-order valence-corrected chi connectivity index (χ0v) is 31.9. The fourth-order valence-electron chi connectivity index (χ4n) is 8.38. The van der Waals surface area contributed by atoms with Crippen LogP contribution >= 0.6 is 0 Å². The third-order valence-corrected chi connectivity index (χ3v) is 14.7. The molecule has 0 aliphatic carbocycles. The summed E-state index contributed by atoms with van der Waals surface area (Å²) < 4.78 is 0. The van der Waals surface area contributed by atoms with Gasteiger partial charge < -0.3 is 0 Å². The molecule has 0 fully saturated rings. The van der Waals surface area contributed by atoms with Crippen LogP contribution < -0.4 is 10.4 Å². The predicted molar refractivity (Wildman–Crippen MR) is 234 cm³/mol. The van der Waals surface area contributed by atoms with Crippen LogP contribution in [0.3, 0.4) is 0 Å². The second kappa shape index (κ2) is 13.3. The summed E-state index contributed by atoms with van der Waals surface area (Å²) in [6.07, 6.45) is 0. The van der Waals surface area contributed by atoms with Crippen LogP contribution in [0.25, 0.3) is 89.2 Å². The van der Waals surface area contributed by atoms with E-state index in [-0.39, 0.29) is 0 Å². The molecule has 1 aliphatic rings. The van der Waals surface area contributed by atoms with Gasteiger partial charge in [0, 0.05) is 16.7 Å². The van der Waals surface area contributed by atoms with E-state index in [0.29, 0.717) is 0 Å². The SMILES string of the molecule is C[Si]1(C)c2cc3ccccc3cc2-c2nc(-c3cccc(-c4cccc(-c5ccccc5)c4)c3)nc(-c3cccc(-c4cccc(-c5ccccc5)c4)c3)c21. The lowest BCUT2D eigenvalue weighted by atomic mass is 9.96. The van der Waals surface area contributed by atoms with Crippen LogP contribution in [0.5, 0.6) is 0 Å². The first-order chi connectivity index (χ1) is 27.0. The molecule has 1 aliphatic heterocycles. The van der Waals surface area contributed by atoms with Crippen LogP contribution in [0, 0.1) is 0 Å². The number of aromatic nitrogens is 2. The van der Waals surface area contributed by atoms with Gasteiger partial charge in [-0.2, -0.15) is 0 Å². The Morgan fingerprint density at radius 1 is 0.327 bits per heavy atom. The molecule has 3 heteroatoms. The number of benzene rings is 8. The molecule has 1 aromatic heterocycles. The predicted octanol–water partition coefficient (Wildman–Crippen LogP) is 12.4. The van der Waals surface area contributed by atoms with E-state index in [9.17, 15) is 0 Å². The number of hydrogen-bond acceptors (Lipinski definition) is 2. The van der Waals surface area contributed by atoms with Gasteiger partial charge in [0.15, 0.2) is 5.82 Å². The van der Waals surface area contributed by atoms with Gasteiger partial charge in [0.1, 0.15) is 8.07 Å². The van der Waals surface area contributed by atoms with E-state index < -0.39 is 8.07 Å². The van der Waals surface area contributed by atoms with Crippen molar-refractivity contribution in [1.29, 1.82) is 0 Å². The summed E-state index contributed by atoms with van der Waals surface area (Å²) in [7, 11) is -2.23. The summed E-state index contributed by atoms with van der Waals surface area (Å²) in [4.78, 5) is 11.1. The number of fused-ring (bicyclic) bond motifs is 4. The Bertz CT molecular complexity index is 2890. The zero-order valence-electron chi connectivity index (χ0n) is 30.9. The summed E-state index contributed by atoms with van der Waals surface area (Å²) in [5.74, 6) is 0.747. The maximum absolute atomic E-state index is 5.56. The molecule has 2 heterocycles. The monoisotopic (exact) mass is 718 g/mol. The molecule has 0 saturated heterocycles. The summed E-state index contributed by atoms with van der Waals surface area (Å²) in [5, 5.41) is 5.24. The zero-order chi connectivity index (χ0) is 36.9. The van der Waals surface area contributed by atoms with Crippen molar-refractivity contribution in [2.24, 2.45) is 0 Å². The molecule has 8 aromatic carbocycles. The minimum absolute atomic E-state index is 0.747.